The fourth-order valence-electron chi connectivity index (χ4n) is 3.35. The van der Waals surface area contributed by atoms with E-state index < -0.39 is 47.5 Å². The molecule has 0 aromatic heterocycles. The van der Waals surface area contributed by atoms with Crippen LogP contribution in [-0.2, 0) is 28.7 Å². The maximum atomic E-state index is 11.6. The Morgan fingerprint density at radius 1 is 0.579 bits per heavy atom. The maximum Gasteiger partial charge on any atom is 0.317 e. The monoisotopic (exact) mass is 266 g/mol. The zero-order valence-electron chi connectivity index (χ0n) is 10.3. The van der Waals surface area contributed by atoms with E-state index >= 15 is 0 Å². The molecule has 19 heavy (non-hydrogen) atoms. The van der Waals surface area contributed by atoms with Gasteiger partial charge in [0.15, 0.2) is 0 Å². The van der Waals surface area contributed by atoms with E-state index in [1.54, 1.807) is 0 Å². The van der Waals surface area contributed by atoms with Crippen LogP contribution in [0.5, 0.6) is 0 Å². The summed E-state index contributed by atoms with van der Waals surface area (Å²) >= 11 is 0. The summed E-state index contributed by atoms with van der Waals surface area (Å²) in [6, 6.07) is 0. The molecule has 6 heteroatoms. The molecule has 2 heterocycles. The minimum atomic E-state index is -0.494. The SMILES string of the molecule is O=C1OC(=O)C2CCC3C(=O)OC(=O)C3CCCC12. The average Bonchev–Trinajstić information content (AvgIpc) is 2.79. The molecule has 3 aliphatic rings. The van der Waals surface area contributed by atoms with E-state index in [1.165, 1.54) is 0 Å². The van der Waals surface area contributed by atoms with E-state index in [9.17, 15) is 19.2 Å². The van der Waals surface area contributed by atoms with Crippen LogP contribution in [0.15, 0.2) is 0 Å². The molecule has 102 valence electrons. The third-order valence-corrected chi connectivity index (χ3v) is 4.40. The molecule has 1 saturated carbocycles. The first-order chi connectivity index (χ1) is 9.08. The number of hydrogen-bond donors (Lipinski definition) is 0. The Bertz CT molecular complexity index is 426. The third kappa shape index (κ3) is 1.95. The Kier molecular flexibility index (Phi) is 2.88. The lowest BCUT2D eigenvalue weighted by Gasteiger charge is -2.12. The van der Waals surface area contributed by atoms with Gasteiger partial charge in [0.25, 0.3) is 0 Å². The van der Waals surface area contributed by atoms with Crippen LogP contribution in [0.2, 0.25) is 0 Å². The van der Waals surface area contributed by atoms with Crippen LogP contribution in [-0.4, -0.2) is 23.9 Å². The van der Waals surface area contributed by atoms with Crippen LogP contribution in [0.1, 0.15) is 32.1 Å². The normalized spacial score (nSPS) is 38.7. The summed E-state index contributed by atoms with van der Waals surface area (Å²) in [7, 11) is 0. The van der Waals surface area contributed by atoms with Gasteiger partial charge in [0.2, 0.25) is 0 Å². The van der Waals surface area contributed by atoms with Crippen molar-refractivity contribution in [3.8, 4) is 0 Å². The number of carbonyl (C=O) groups excluding carboxylic acids is 4. The van der Waals surface area contributed by atoms with Crippen molar-refractivity contribution in [2.75, 3.05) is 0 Å². The van der Waals surface area contributed by atoms with Gasteiger partial charge < -0.3 is 9.47 Å². The molecule has 0 radical (unpaired) electrons. The molecule has 0 spiro atoms. The molecule has 2 aliphatic heterocycles. The van der Waals surface area contributed by atoms with Crippen molar-refractivity contribution < 1.29 is 28.7 Å². The van der Waals surface area contributed by atoms with Crippen molar-refractivity contribution in [2.45, 2.75) is 32.1 Å². The maximum absolute atomic E-state index is 11.6. The van der Waals surface area contributed by atoms with Gasteiger partial charge in [-0.05, 0) is 25.7 Å². The highest BCUT2D eigenvalue weighted by molar-refractivity contribution is 5.97. The van der Waals surface area contributed by atoms with Crippen molar-refractivity contribution >= 4 is 23.9 Å². The van der Waals surface area contributed by atoms with Crippen LogP contribution < -0.4 is 0 Å². The summed E-state index contributed by atoms with van der Waals surface area (Å²) in [5, 5.41) is 0. The van der Waals surface area contributed by atoms with Crippen molar-refractivity contribution in [3.05, 3.63) is 0 Å². The molecule has 1 aliphatic carbocycles. The number of ether oxygens (including phenoxy) is 2. The fraction of sp³-hybridized carbons (Fsp3) is 0.692. The van der Waals surface area contributed by atoms with E-state index in [0.717, 1.165) is 0 Å². The van der Waals surface area contributed by atoms with Crippen LogP contribution in [0, 0.1) is 23.7 Å². The topological polar surface area (TPSA) is 86.7 Å². The van der Waals surface area contributed by atoms with Gasteiger partial charge in [-0.15, -0.1) is 0 Å². The van der Waals surface area contributed by atoms with Gasteiger partial charge in [0.05, 0.1) is 23.7 Å². The zero-order valence-corrected chi connectivity index (χ0v) is 10.3. The molecular weight excluding hydrogens is 252 g/mol. The highest BCUT2D eigenvalue weighted by Crippen LogP contribution is 2.40. The molecule has 0 aromatic carbocycles. The Labute approximate surface area is 109 Å². The van der Waals surface area contributed by atoms with Gasteiger partial charge >= 0.3 is 23.9 Å². The predicted octanol–water partition coefficient (Wildman–Crippen LogP) is 0.582. The van der Waals surface area contributed by atoms with Gasteiger partial charge in [0, 0.05) is 0 Å². The van der Waals surface area contributed by atoms with Crippen LogP contribution in [0.3, 0.4) is 0 Å². The molecule has 0 amide bonds. The second-order valence-corrected chi connectivity index (χ2v) is 5.41. The Morgan fingerprint density at radius 3 is 1.26 bits per heavy atom. The molecule has 4 unspecified atom stereocenters. The highest BCUT2D eigenvalue weighted by atomic mass is 16.6. The summed E-state index contributed by atoms with van der Waals surface area (Å²) in [5.74, 6) is -3.65. The largest absolute Gasteiger partial charge is 0.393 e. The second kappa shape index (κ2) is 4.43. The van der Waals surface area contributed by atoms with Crippen LogP contribution in [0.4, 0.5) is 0 Å². The lowest BCUT2D eigenvalue weighted by Crippen LogP contribution is -2.20. The van der Waals surface area contributed by atoms with Gasteiger partial charge in [-0.3, -0.25) is 19.2 Å². The van der Waals surface area contributed by atoms with Gasteiger partial charge in [-0.2, -0.15) is 0 Å². The van der Waals surface area contributed by atoms with Crippen molar-refractivity contribution in [2.24, 2.45) is 23.7 Å². The van der Waals surface area contributed by atoms with Crippen LogP contribution in [0.25, 0.3) is 0 Å². The molecule has 0 aromatic rings. The van der Waals surface area contributed by atoms with E-state index in [1.807, 2.05) is 0 Å². The lowest BCUT2D eigenvalue weighted by molar-refractivity contribution is -0.156. The summed E-state index contributed by atoms with van der Waals surface area (Å²) in [6.45, 7) is 0. The van der Waals surface area contributed by atoms with Crippen molar-refractivity contribution in [1.82, 2.24) is 0 Å². The first kappa shape index (κ1) is 12.3. The van der Waals surface area contributed by atoms with Crippen molar-refractivity contribution in [3.63, 3.8) is 0 Å². The fourth-order valence-corrected chi connectivity index (χ4v) is 3.35. The zero-order chi connectivity index (χ0) is 13.6. The molecule has 3 rings (SSSR count). The molecule has 3 fully saturated rings. The standard InChI is InChI=1S/C13H14O6/c14-10-6-2-1-3-7-9(13(17)19-11(7)15)5-4-8(6)12(16)18-10/h6-9H,1-5H2. The number of esters is 4. The summed E-state index contributed by atoms with van der Waals surface area (Å²) < 4.78 is 9.32. The molecule has 4 atom stereocenters. The highest BCUT2D eigenvalue weighted by Gasteiger charge is 2.49. The second-order valence-electron chi connectivity index (χ2n) is 5.41. The molecule has 6 nitrogen and oxygen atoms in total. The third-order valence-electron chi connectivity index (χ3n) is 4.40. The first-order valence-electron chi connectivity index (χ1n) is 6.59. The number of cyclic esters (lactones) is 4. The average molecular weight is 266 g/mol. The van der Waals surface area contributed by atoms with Gasteiger partial charge in [0.1, 0.15) is 0 Å². The van der Waals surface area contributed by atoms with E-state index in [0.29, 0.717) is 32.1 Å². The quantitative estimate of drug-likeness (QED) is 0.471. The lowest BCUT2D eigenvalue weighted by atomic mass is 9.85. The number of hydrogen-bond acceptors (Lipinski definition) is 6. The predicted molar refractivity (Wildman–Crippen MR) is 59.2 cm³/mol. The molecule has 0 N–H and O–H groups in total. The minimum absolute atomic E-state index is 0.402. The van der Waals surface area contributed by atoms with Crippen LogP contribution >= 0.6 is 0 Å². The Morgan fingerprint density at radius 2 is 0.895 bits per heavy atom. The summed E-state index contributed by atoms with van der Waals surface area (Å²) in [4.78, 5) is 46.4. The Hall–Kier alpha value is -1.72. The minimum Gasteiger partial charge on any atom is -0.393 e. The summed E-state index contributed by atoms with van der Waals surface area (Å²) in [6.07, 6.45) is 2.48. The van der Waals surface area contributed by atoms with Gasteiger partial charge in [-0.25, -0.2) is 0 Å². The van der Waals surface area contributed by atoms with E-state index in [-0.39, 0.29) is 0 Å². The smallest absolute Gasteiger partial charge is 0.317 e. The Balaban J connectivity index is 1.81. The van der Waals surface area contributed by atoms with E-state index in [4.69, 9.17) is 0 Å². The van der Waals surface area contributed by atoms with Gasteiger partial charge in [-0.1, -0.05) is 6.42 Å². The molecule has 2 saturated heterocycles. The number of rotatable bonds is 0. The first-order valence-corrected chi connectivity index (χ1v) is 6.59. The molecule has 0 bridgehead atoms. The molecular formula is C13H14O6. The van der Waals surface area contributed by atoms with Crippen molar-refractivity contribution in [1.29, 1.82) is 0 Å². The summed E-state index contributed by atoms with van der Waals surface area (Å²) in [5.41, 5.74) is 0. The van der Waals surface area contributed by atoms with E-state index in [2.05, 4.69) is 9.47 Å². The number of fused-ring (bicyclic) bond motifs is 2. The number of carbonyl (C=O) groups is 4.